The van der Waals surface area contributed by atoms with E-state index in [0.29, 0.717) is 32.1 Å². The summed E-state index contributed by atoms with van der Waals surface area (Å²) in [6.07, 6.45) is 3.09. The third kappa shape index (κ3) is 7.84. The van der Waals surface area contributed by atoms with Crippen LogP contribution >= 0.6 is 0 Å². The Balaban J connectivity index is 1.75. The minimum absolute atomic E-state index is 0.0840. The monoisotopic (exact) mass is 557 g/mol. The molecule has 40 heavy (non-hydrogen) atoms. The molecule has 0 aliphatic carbocycles. The molecule has 0 spiro atoms. The minimum Gasteiger partial charge on any atom is -0.459 e. The van der Waals surface area contributed by atoms with Crippen molar-refractivity contribution >= 4 is 30.8 Å². The molecule has 2 heterocycles. The standard InChI is InChI=1S/C29H44BN3O7/c1-21(34)31-19-25(36)32-24-14-17-33(22(2)35)29(18-24,26(37)38-20-23-12-8-7-9-13-23)15-10-11-16-30-39-27(3,4)28(5,6)40-30/h7-9,12-13,24H,10-11,14-20H2,1-6H3,(H,31,34)(H,32,36)/t24-,29+/m0/s1. The largest absolute Gasteiger partial charge is 0.459 e. The summed E-state index contributed by atoms with van der Waals surface area (Å²) in [5.41, 5.74) is -1.23. The van der Waals surface area contributed by atoms with Crippen molar-refractivity contribution in [1.29, 1.82) is 0 Å². The van der Waals surface area contributed by atoms with E-state index < -0.39 is 22.7 Å². The second-order valence-electron chi connectivity index (χ2n) is 11.9. The number of hydrogen-bond acceptors (Lipinski definition) is 7. The van der Waals surface area contributed by atoms with Gasteiger partial charge in [0.15, 0.2) is 0 Å². The molecule has 2 saturated heterocycles. The van der Waals surface area contributed by atoms with Crippen LogP contribution in [0, 0.1) is 0 Å². The van der Waals surface area contributed by atoms with Gasteiger partial charge in [-0.2, -0.15) is 0 Å². The number of likely N-dealkylation sites (tertiary alicyclic amines) is 1. The quantitative estimate of drug-likeness (QED) is 0.244. The van der Waals surface area contributed by atoms with E-state index in [1.165, 1.54) is 13.8 Å². The fourth-order valence-electron chi connectivity index (χ4n) is 5.39. The maximum atomic E-state index is 13.8. The highest BCUT2D eigenvalue weighted by Crippen LogP contribution is 2.39. The molecule has 2 aliphatic rings. The van der Waals surface area contributed by atoms with Gasteiger partial charge >= 0.3 is 13.1 Å². The van der Waals surface area contributed by atoms with E-state index in [1.54, 1.807) is 4.90 Å². The Bertz CT molecular complexity index is 1050. The molecule has 0 saturated carbocycles. The van der Waals surface area contributed by atoms with Crippen molar-refractivity contribution in [2.75, 3.05) is 13.1 Å². The van der Waals surface area contributed by atoms with Crippen molar-refractivity contribution in [3.05, 3.63) is 35.9 Å². The van der Waals surface area contributed by atoms with Gasteiger partial charge in [0.1, 0.15) is 12.1 Å². The molecule has 0 aromatic heterocycles. The smallest absolute Gasteiger partial charge is 0.457 e. The molecule has 2 N–H and O–H groups in total. The zero-order valence-electron chi connectivity index (χ0n) is 24.7. The van der Waals surface area contributed by atoms with Gasteiger partial charge in [0.2, 0.25) is 17.7 Å². The van der Waals surface area contributed by atoms with Crippen LogP contribution in [-0.2, 0) is 39.8 Å². The SMILES string of the molecule is CC(=O)NCC(=O)N[C@H]1CCN(C(C)=O)[C@@](CCCCB2OC(C)(C)C(C)(C)O2)(C(=O)OCc2ccccc2)C1. The van der Waals surface area contributed by atoms with Crippen molar-refractivity contribution in [3.8, 4) is 0 Å². The lowest BCUT2D eigenvalue weighted by atomic mass is 9.77. The van der Waals surface area contributed by atoms with Gasteiger partial charge in [-0.3, -0.25) is 14.4 Å². The highest BCUT2D eigenvalue weighted by molar-refractivity contribution is 6.45. The third-order valence-corrected chi connectivity index (χ3v) is 8.22. The Morgan fingerprint density at radius 2 is 1.68 bits per heavy atom. The number of esters is 1. The zero-order valence-corrected chi connectivity index (χ0v) is 24.7. The van der Waals surface area contributed by atoms with Crippen LogP contribution < -0.4 is 10.6 Å². The third-order valence-electron chi connectivity index (χ3n) is 8.22. The number of benzene rings is 1. The van der Waals surface area contributed by atoms with Gasteiger partial charge in [0, 0.05) is 32.9 Å². The summed E-state index contributed by atoms with van der Waals surface area (Å²) < 4.78 is 18.1. The Hall–Kier alpha value is -2.92. The van der Waals surface area contributed by atoms with E-state index >= 15 is 0 Å². The lowest BCUT2D eigenvalue weighted by molar-refractivity contribution is -0.170. The Morgan fingerprint density at radius 3 is 2.27 bits per heavy atom. The van der Waals surface area contributed by atoms with Crippen molar-refractivity contribution in [2.45, 2.75) is 109 Å². The van der Waals surface area contributed by atoms with Crippen LogP contribution in [0.5, 0.6) is 0 Å². The van der Waals surface area contributed by atoms with Crippen molar-refractivity contribution in [3.63, 3.8) is 0 Å². The van der Waals surface area contributed by atoms with Crippen LogP contribution in [0.4, 0.5) is 0 Å². The molecule has 0 radical (unpaired) electrons. The number of nitrogens with zero attached hydrogens (tertiary/aromatic N) is 1. The predicted octanol–water partition coefficient (Wildman–Crippen LogP) is 2.99. The second-order valence-corrected chi connectivity index (χ2v) is 11.9. The molecule has 1 aromatic carbocycles. The van der Waals surface area contributed by atoms with Crippen LogP contribution in [0.2, 0.25) is 6.32 Å². The van der Waals surface area contributed by atoms with Crippen LogP contribution in [0.15, 0.2) is 30.3 Å². The number of carbonyl (C=O) groups is 4. The predicted molar refractivity (Wildman–Crippen MR) is 151 cm³/mol. The Kier molecular flexibility index (Phi) is 10.4. The van der Waals surface area contributed by atoms with E-state index in [2.05, 4.69) is 10.6 Å². The first kappa shape index (κ1) is 31.6. The first-order valence-corrected chi connectivity index (χ1v) is 14.1. The summed E-state index contributed by atoms with van der Waals surface area (Å²) in [6.45, 7) is 11.1. The molecular formula is C29H44BN3O7. The lowest BCUT2D eigenvalue weighted by Gasteiger charge is -2.47. The highest BCUT2D eigenvalue weighted by atomic mass is 16.7. The van der Waals surface area contributed by atoms with E-state index in [9.17, 15) is 19.2 Å². The number of nitrogens with one attached hydrogen (secondary N) is 2. The molecular weight excluding hydrogens is 513 g/mol. The Morgan fingerprint density at radius 1 is 1.02 bits per heavy atom. The average Bonchev–Trinajstić information content (AvgIpc) is 3.10. The number of amides is 3. The van der Waals surface area contributed by atoms with Crippen LogP contribution in [0.1, 0.15) is 79.2 Å². The van der Waals surface area contributed by atoms with Crippen LogP contribution in [0.25, 0.3) is 0 Å². The maximum absolute atomic E-state index is 13.8. The number of unbranched alkanes of at least 4 members (excludes halogenated alkanes) is 1. The van der Waals surface area contributed by atoms with Crippen molar-refractivity contribution < 1.29 is 33.2 Å². The van der Waals surface area contributed by atoms with Gasteiger partial charge < -0.3 is 29.6 Å². The van der Waals surface area contributed by atoms with Gasteiger partial charge in [-0.25, -0.2) is 4.79 Å². The van der Waals surface area contributed by atoms with Gasteiger partial charge in [0.25, 0.3) is 0 Å². The van der Waals surface area contributed by atoms with Gasteiger partial charge in [0.05, 0.1) is 17.7 Å². The molecule has 1 aromatic rings. The average molecular weight is 557 g/mol. The van der Waals surface area contributed by atoms with Crippen molar-refractivity contribution in [2.24, 2.45) is 0 Å². The number of carbonyl (C=O) groups excluding carboxylic acids is 4. The molecule has 0 unspecified atom stereocenters. The highest BCUT2D eigenvalue weighted by Gasteiger charge is 2.52. The summed E-state index contributed by atoms with van der Waals surface area (Å²) >= 11 is 0. The summed E-state index contributed by atoms with van der Waals surface area (Å²) in [5, 5.41) is 5.42. The zero-order chi connectivity index (χ0) is 29.6. The first-order valence-electron chi connectivity index (χ1n) is 14.1. The Labute approximate surface area is 238 Å². The molecule has 220 valence electrons. The molecule has 2 atom stereocenters. The molecule has 11 heteroatoms. The lowest BCUT2D eigenvalue weighted by Crippen LogP contribution is -2.64. The van der Waals surface area contributed by atoms with Crippen LogP contribution in [-0.4, -0.2) is 71.6 Å². The summed E-state index contributed by atoms with van der Waals surface area (Å²) in [4.78, 5) is 52.0. The van der Waals surface area contributed by atoms with E-state index in [0.717, 1.165) is 12.0 Å². The van der Waals surface area contributed by atoms with E-state index in [4.69, 9.17) is 14.0 Å². The fraction of sp³-hybridized carbons (Fsp3) is 0.655. The van der Waals surface area contributed by atoms with E-state index in [1.807, 2.05) is 58.0 Å². The van der Waals surface area contributed by atoms with Gasteiger partial charge in [-0.05, 0) is 52.4 Å². The summed E-state index contributed by atoms with van der Waals surface area (Å²) in [6, 6.07) is 9.03. The van der Waals surface area contributed by atoms with Gasteiger partial charge in [-0.15, -0.1) is 0 Å². The second kappa shape index (κ2) is 13.2. The topological polar surface area (TPSA) is 123 Å². The minimum atomic E-state index is -1.24. The molecule has 0 bridgehead atoms. The van der Waals surface area contributed by atoms with Crippen LogP contribution in [0.3, 0.4) is 0 Å². The molecule has 3 rings (SSSR count). The number of piperidine rings is 1. The molecule has 2 aliphatic heterocycles. The number of hydrogen-bond donors (Lipinski definition) is 2. The molecule has 2 fully saturated rings. The summed E-state index contributed by atoms with van der Waals surface area (Å²) in [5.74, 6) is -1.35. The first-order chi connectivity index (χ1) is 18.8. The molecule has 3 amide bonds. The maximum Gasteiger partial charge on any atom is 0.457 e. The van der Waals surface area contributed by atoms with E-state index in [-0.39, 0.29) is 50.5 Å². The number of rotatable bonds is 11. The van der Waals surface area contributed by atoms with Gasteiger partial charge in [-0.1, -0.05) is 43.2 Å². The summed E-state index contributed by atoms with van der Waals surface area (Å²) in [7, 11) is -0.345. The normalized spacial score (nSPS) is 23.4. The number of ether oxygens (including phenoxy) is 1. The fourth-order valence-corrected chi connectivity index (χ4v) is 5.39. The van der Waals surface area contributed by atoms with Crippen molar-refractivity contribution in [1.82, 2.24) is 15.5 Å². The molecule has 10 nitrogen and oxygen atoms in total.